The molecule has 7 heteroatoms. The first-order valence-corrected chi connectivity index (χ1v) is 11.2. The van der Waals surface area contributed by atoms with Gasteiger partial charge >= 0.3 is 0 Å². The summed E-state index contributed by atoms with van der Waals surface area (Å²) in [6.07, 6.45) is 8.66. The van der Waals surface area contributed by atoms with Crippen LogP contribution in [-0.4, -0.2) is 42.2 Å². The smallest absolute Gasteiger partial charge is 0.264 e. The second-order valence-corrected chi connectivity index (χ2v) is 9.00. The van der Waals surface area contributed by atoms with Crippen molar-refractivity contribution in [1.82, 2.24) is 24.2 Å². The minimum atomic E-state index is -0.235. The molecule has 0 aliphatic heterocycles. The van der Waals surface area contributed by atoms with Crippen molar-refractivity contribution in [3.05, 3.63) is 52.2 Å². The van der Waals surface area contributed by atoms with Crippen LogP contribution in [0.15, 0.2) is 35.5 Å². The summed E-state index contributed by atoms with van der Waals surface area (Å²) < 4.78 is 3.10. The van der Waals surface area contributed by atoms with Gasteiger partial charge in [-0.15, -0.1) is 0 Å². The van der Waals surface area contributed by atoms with Crippen molar-refractivity contribution in [2.45, 2.75) is 78.4 Å². The zero-order valence-corrected chi connectivity index (χ0v) is 18.8. The van der Waals surface area contributed by atoms with Gasteiger partial charge < -0.3 is 4.90 Å². The number of aromatic nitrogens is 4. The van der Waals surface area contributed by atoms with Gasteiger partial charge in [0, 0.05) is 12.1 Å². The Morgan fingerprint density at radius 1 is 1.13 bits per heavy atom. The highest BCUT2D eigenvalue weighted by atomic mass is 16.2. The molecule has 0 N–H and O–H groups in total. The van der Waals surface area contributed by atoms with Gasteiger partial charge in [0.2, 0.25) is 5.91 Å². The number of hydrogen-bond donors (Lipinski definition) is 0. The summed E-state index contributed by atoms with van der Waals surface area (Å²) in [6.45, 7) is 8.16. The van der Waals surface area contributed by atoms with E-state index in [0.29, 0.717) is 11.0 Å². The monoisotopic (exact) mass is 421 g/mol. The van der Waals surface area contributed by atoms with Crippen LogP contribution in [0.25, 0.3) is 16.7 Å². The molecule has 1 saturated carbocycles. The molecule has 0 unspecified atom stereocenters. The fourth-order valence-corrected chi connectivity index (χ4v) is 4.82. The molecular weight excluding hydrogens is 390 g/mol. The largest absolute Gasteiger partial charge is 0.336 e. The lowest BCUT2D eigenvalue weighted by atomic mass is 9.93. The Labute approximate surface area is 182 Å². The van der Waals surface area contributed by atoms with Gasteiger partial charge in [0.05, 0.1) is 11.9 Å². The van der Waals surface area contributed by atoms with Crippen LogP contribution < -0.4 is 5.56 Å². The van der Waals surface area contributed by atoms with Crippen LogP contribution in [-0.2, 0) is 11.3 Å². The molecule has 2 aromatic heterocycles. The Morgan fingerprint density at radius 2 is 1.81 bits per heavy atom. The van der Waals surface area contributed by atoms with Crippen molar-refractivity contribution in [3.8, 4) is 5.69 Å². The first-order chi connectivity index (χ1) is 14.8. The number of rotatable bonds is 5. The molecule has 164 valence electrons. The second-order valence-electron chi connectivity index (χ2n) is 9.00. The van der Waals surface area contributed by atoms with Gasteiger partial charge in [0.15, 0.2) is 5.65 Å². The van der Waals surface area contributed by atoms with Crippen molar-refractivity contribution < 1.29 is 4.79 Å². The number of nitrogens with zero attached hydrogens (tertiary/aromatic N) is 5. The summed E-state index contributed by atoms with van der Waals surface area (Å²) in [7, 11) is 0. The van der Waals surface area contributed by atoms with E-state index in [4.69, 9.17) is 0 Å². The number of aryl methyl sites for hydroxylation is 2. The maximum Gasteiger partial charge on any atom is 0.264 e. The van der Waals surface area contributed by atoms with E-state index in [1.165, 1.54) is 17.3 Å². The summed E-state index contributed by atoms with van der Waals surface area (Å²) in [5.41, 5.74) is 3.38. The standard InChI is InChI=1S/C24H31N5O2/c1-16(2)28(19-8-6-5-7-9-19)22(30)14-27-15-25-23-21(24(27)31)13-26-29(23)20-11-17(3)10-18(4)12-20/h10-13,15-16,19H,5-9,14H2,1-4H3. The summed E-state index contributed by atoms with van der Waals surface area (Å²) in [5, 5.41) is 4.83. The zero-order valence-electron chi connectivity index (χ0n) is 18.8. The van der Waals surface area contributed by atoms with Crippen LogP contribution in [0.2, 0.25) is 0 Å². The molecule has 0 saturated heterocycles. The van der Waals surface area contributed by atoms with Crippen LogP contribution in [0.3, 0.4) is 0 Å². The molecule has 31 heavy (non-hydrogen) atoms. The van der Waals surface area contributed by atoms with Gasteiger partial charge in [-0.3, -0.25) is 14.2 Å². The molecule has 1 fully saturated rings. The molecule has 0 radical (unpaired) electrons. The highest BCUT2D eigenvalue weighted by Crippen LogP contribution is 2.24. The normalized spacial score (nSPS) is 15.0. The molecule has 1 aliphatic carbocycles. The first kappa shape index (κ1) is 21.3. The predicted molar refractivity (Wildman–Crippen MR) is 121 cm³/mol. The summed E-state index contributed by atoms with van der Waals surface area (Å²) in [4.78, 5) is 32.7. The van der Waals surface area contributed by atoms with Crippen LogP contribution in [0.1, 0.15) is 57.1 Å². The molecule has 1 aliphatic rings. The summed E-state index contributed by atoms with van der Waals surface area (Å²) in [5.74, 6) is -0.0214. The Bertz CT molecular complexity index is 1130. The lowest BCUT2D eigenvalue weighted by Gasteiger charge is -2.37. The summed E-state index contributed by atoms with van der Waals surface area (Å²) in [6, 6.07) is 6.49. The minimum absolute atomic E-state index is 0.00515. The molecule has 1 aromatic carbocycles. The minimum Gasteiger partial charge on any atom is -0.336 e. The number of carbonyl (C=O) groups is 1. The first-order valence-electron chi connectivity index (χ1n) is 11.2. The van der Waals surface area contributed by atoms with Gasteiger partial charge in [-0.05, 0) is 63.8 Å². The van der Waals surface area contributed by atoms with Gasteiger partial charge in [0.25, 0.3) is 5.56 Å². The predicted octanol–water partition coefficient (Wildman–Crippen LogP) is 3.77. The molecule has 2 heterocycles. The molecule has 0 atom stereocenters. The van der Waals surface area contributed by atoms with Crippen molar-refractivity contribution in [2.75, 3.05) is 0 Å². The van der Waals surface area contributed by atoms with Crippen molar-refractivity contribution in [2.24, 2.45) is 0 Å². The van der Waals surface area contributed by atoms with Crippen molar-refractivity contribution in [3.63, 3.8) is 0 Å². The number of fused-ring (bicyclic) bond motifs is 1. The highest BCUT2D eigenvalue weighted by Gasteiger charge is 2.28. The number of benzene rings is 1. The van der Waals surface area contributed by atoms with Gasteiger partial charge in [-0.2, -0.15) is 5.10 Å². The van der Waals surface area contributed by atoms with Crippen LogP contribution in [0, 0.1) is 13.8 Å². The van der Waals surface area contributed by atoms with E-state index >= 15 is 0 Å². The Kier molecular flexibility index (Phi) is 5.94. The van der Waals surface area contributed by atoms with E-state index in [9.17, 15) is 9.59 Å². The highest BCUT2D eigenvalue weighted by molar-refractivity contribution is 5.78. The van der Waals surface area contributed by atoms with E-state index in [0.717, 1.165) is 42.5 Å². The molecule has 1 amide bonds. The lowest BCUT2D eigenvalue weighted by molar-refractivity contribution is -0.137. The molecule has 4 rings (SSSR count). The average molecular weight is 422 g/mol. The fraction of sp³-hybridized carbons (Fsp3) is 0.500. The van der Waals surface area contributed by atoms with Gasteiger partial charge in [0.1, 0.15) is 18.3 Å². The van der Waals surface area contributed by atoms with Gasteiger partial charge in [-0.25, -0.2) is 9.67 Å². The maximum absolute atomic E-state index is 13.2. The third-order valence-corrected chi connectivity index (χ3v) is 6.12. The van der Waals surface area contributed by atoms with Crippen LogP contribution in [0.4, 0.5) is 0 Å². The average Bonchev–Trinajstić information content (AvgIpc) is 3.15. The van der Waals surface area contributed by atoms with E-state index in [1.54, 1.807) is 10.9 Å². The fourth-order valence-electron chi connectivity index (χ4n) is 4.82. The molecule has 7 nitrogen and oxygen atoms in total. The number of amides is 1. The van der Waals surface area contributed by atoms with E-state index < -0.39 is 0 Å². The molecule has 3 aromatic rings. The van der Waals surface area contributed by atoms with Gasteiger partial charge in [-0.1, -0.05) is 25.3 Å². The molecular formula is C24H31N5O2. The molecule has 0 bridgehead atoms. The SMILES string of the molecule is Cc1cc(C)cc(-n2ncc3c(=O)n(CC(=O)N(C(C)C)C4CCCCC4)cnc32)c1. The zero-order chi connectivity index (χ0) is 22.1. The number of hydrogen-bond acceptors (Lipinski definition) is 4. The second kappa shape index (κ2) is 8.65. The number of carbonyl (C=O) groups excluding carboxylic acids is 1. The Hall–Kier alpha value is -2.96. The van der Waals surface area contributed by atoms with E-state index in [-0.39, 0.29) is 30.1 Å². The third kappa shape index (κ3) is 4.27. The van der Waals surface area contributed by atoms with Crippen LogP contribution in [0.5, 0.6) is 0 Å². The third-order valence-electron chi connectivity index (χ3n) is 6.12. The van der Waals surface area contributed by atoms with Crippen molar-refractivity contribution >= 4 is 16.9 Å². The topological polar surface area (TPSA) is 73.0 Å². The maximum atomic E-state index is 13.2. The quantitative estimate of drug-likeness (QED) is 0.629. The summed E-state index contributed by atoms with van der Waals surface area (Å²) >= 11 is 0. The van der Waals surface area contributed by atoms with Crippen LogP contribution >= 0.6 is 0 Å². The Morgan fingerprint density at radius 3 is 2.45 bits per heavy atom. The Balaban J connectivity index is 1.64. The molecule has 0 spiro atoms. The van der Waals surface area contributed by atoms with Crippen molar-refractivity contribution in [1.29, 1.82) is 0 Å². The van der Waals surface area contributed by atoms with E-state index in [2.05, 4.69) is 16.1 Å². The van der Waals surface area contributed by atoms with E-state index in [1.807, 2.05) is 44.7 Å². The lowest BCUT2D eigenvalue weighted by Crippen LogP contribution is -2.47.